The van der Waals surface area contributed by atoms with Crippen molar-refractivity contribution in [3.8, 4) is 6.07 Å². The molecule has 0 aliphatic carbocycles. The van der Waals surface area contributed by atoms with Crippen LogP contribution in [0.15, 0.2) is 53.6 Å². The molecule has 0 aromatic heterocycles. The van der Waals surface area contributed by atoms with E-state index in [9.17, 15) is 4.79 Å². The van der Waals surface area contributed by atoms with Gasteiger partial charge in [-0.1, -0.05) is 17.7 Å². The molecule has 2 rings (SSSR count). The predicted octanol–water partition coefficient (Wildman–Crippen LogP) is 2.47. The molecular formula is C17H16N6O. The average molecular weight is 320 g/mol. The van der Waals surface area contributed by atoms with Crippen LogP contribution in [0.5, 0.6) is 0 Å². The molecular weight excluding hydrogens is 304 g/mol. The first-order chi connectivity index (χ1) is 11.5. The maximum atomic E-state index is 12.1. The molecule has 0 aliphatic heterocycles. The number of nitrogens with two attached hydrogens (primary N) is 1. The number of amidine groups is 1. The van der Waals surface area contributed by atoms with Crippen molar-refractivity contribution in [2.75, 3.05) is 10.7 Å². The predicted molar refractivity (Wildman–Crippen MR) is 94.2 cm³/mol. The first-order valence-corrected chi connectivity index (χ1v) is 7.06. The van der Waals surface area contributed by atoms with Gasteiger partial charge < -0.3 is 11.1 Å². The van der Waals surface area contributed by atoms with Crippen molar-refractivity contribution in [2.45, 2.75) is 6.92 Å². The van der Waals surface area contributed by atoms with Crippen LogP contribution in [0.2, 0.25) is 0 Å². The number of nitrogens with one attached hydrogen (secondary N) is 3. The van der Waals surface area contributed by atoms with Crippen LogP contribution in [-0.4, -0.2) is 17.5 Å². The number of anilines is 2. The zero-order chi connectivity index (χ0) is 17.5. The number of hydrogen-bond acceptors (Lipinski definition) is 5. The van der Waals surface area contributed by atoms with Crippen LogP contribution in [0.4, 0.5) is 11.4 Å². The third-order valence-corrected chi connectivity index (χ3v) is 3.11. The molecule has 0 bridgehead atoms. The van der Waals surface area contributed by atoms with E-state index in [0.29, 0.717) is 16.9 Å². The molecule has 120 valence electrons. The third kappa shape index (κ3) is 4.42. The maximum absolute atomic E-state index is 12.1. The van der Waals surface area contributed by atoms with Crippen LogP contribution in [0.1, 0.15) is 15.9 Å². The summed E-state index contributed by atoms with van der Waals surface area (Å²) >= 11 is 0. The molecule has 0 radical (unpaired) electrons. The summed E-state index contributed by atoms with van der Waals surface area (Å²) in [5, 5.41) is 22.4. The van der Waals surface area contributed by atoms with Crippen LogP contribution in [0.25, 0.3) is 0 Å². The minimum Gasteiger partial charge on any atom is -0.382 e. The van der Waals surface area contributed by atoms with Crippen LogP contribution >= 0.6 is 0 Å². The highest BCUT2D eigenvalue weighted by Gasteiger charge is 2.05. The van der Waals surface area contributed by atoms with E-state index in [2.05, 4.69) is 15.8 Å². The second-order valence-electron chi connectivity index (χ2n) is 5.00. The van der Waals surface area contributed by atoms with E-state index in [-0.39, 0.29) is 11.6 Å². The molecule has 0 fully saturated rings. The molecule has 0 aliphatic rings. The Morgan fingerprint density at radius 1 is 1.12 bits per heavy atom. The lowest BCUT2D eigenvalue weighted by Crippen LogP contribution is -2.21. The highest BCUT2D eigenvalue weighted by molar-refractivity contribution is 6.45. The van der Waals surface area contributed by atoms with Crippen molar-refractivity contribution in [3.63, 3.8) is 0 Å². The van der Waals surface area contributed by atoms with Gasteiger partial charge in [-0.3, -0.25) is 15.6 Å². The molecule has 7 heteroatoms. The Bertz CT molecular complexity index is 816. The van der Waals surface area contributed by atoms with Crippen molar-refractivity contribution < 1.29 is 4.79 Å². The van der Waals surface area contributed by atoms with E-state index in [1.54, 1.807) is 42.5 Å². The van der Waals surface area contributed by atoms with Gasteiger partial charge in [0.25, 0.3) is 5.91 Å². The maximum Gasteiger partial charge on any atom is 0.255 e. The van der Waals surface area contributed by atoms with Gasteiger partial charge in [0.2, 0.25) is 5.71 Å². The Morgan fingerprint density at radius 2 is 1.71 bits per heavy atom. The Balaban J connectivity index is 2.02. The molecule has 2 aromatic rings. The van der Waals surface area contributed by atoms with E-state index in [0.717, 1.165) is 5.56 Å². The minimum absolute atomic E-state index is 0.197. The van der Waals surface area contributed by atoms with E-state index in [4.69, 9.17) is 16.4 Å². The van der Waals surface area contributed by atoms with Gasteiger partial charge in [-0.05, 0) is 43.3 Å². The fourth-order valence-corrected chi connectivity index (χ4v) is 1.80. The topological polar surface area (TPSA) is 127 Å². The number of carbonyl (C=O) groups excluding carboxylic acids is 1. The van der Waals surface area contributed by atoms with Crippen LogP contribution in [-0.2, 0) is 0 Å². The lowest BCUT2D eigenvalue weighted by molar-refractivity contribution is 0.102. The van der Waals surface area contributed by atoms with Gasteiger partial charge in [0.05, 0.1) is 5.69 Å². The van der Waals surface area contributed by atoms with Gasteiger partial charge in [-0.25, -0.2) is 0 Å². The zero-order valence-corrected chi connectivity index (χ0v) is 13.0. The number of carbonyl (C=O) groups is 1. The first-order valence-electron chi connectivity index (χ1n) is 7.06. The molecule has 5 N–H and O–H groups in total. The number of nitrogens with zero attached hydrogens (tertiary/aromatic N) is 2. The molecule has 0 spiro atoms. The van der Waals surface area contributed by atoms with Gasteiger partial charge in [-0.2, -0.15) is 10.4 Å². The van der Waals surface area contributed by atoms with Crippen LogP contribution < -0.4 is 16.5 Å². The smallest absolute Gasteiger partial charge is 0.255 e. The fourth-order valence-electron chi connectivity index (χ4n) is 1.80. The summed E-state index contributed by atoms with van der Waals surface area (Å²) in [6.07, 6.45) is 0. The number of benzene rings is 2. The zero-order valence-electron chi connectivity index (χ0n) is 13.0. The van der Waals surface area contributed by atoms with Gasteiger partial charge in [0, 0.05) is 11.3 Å². The summed E-state index contributed by atoms with van der Waals surface area (Å²) in [6, 6.07) is 15.8. The summed E-state index contributed by atoms with van der Waals surface area (Å²) in [4.78, 5) is 12.1. The van der Waals surface area contributed by atoms with E-state index in [1.165, 1.54) is 0 Å². The normalized spacial score (nSPS) is 10.6. The minimum atomic E-state index is -0.410. The number of nitriles is 1. The number of hydrogen-bond donors (Lipinski definition) is 4. The van der Waals surface area contributed by atoms with E-state index < -0.39 is 5.84 Å². The summed E-state index contributed by atoms with van der Waals surface area (Å²) in [5.41, 5.74) is 10.5. The largest absolute Gasteiger partial charge is 0.382 e. The van der Waals surface area contributed by atoms with Crippen molar-refractivity contribution in [2.24, 2.45) is 10.8 Å². The Hall–Kier alpha value is -3.66. The van der Waals surface area contributed by atoms with Gasteiger partial charge >= 0.3 is 0 Å². The Morgan fingerprint density at radius 3 is 2.25 bits per heavy atom. The van der Waals surface area contributed by atoms with Gasteiger partial charge in [0.1, 0.15) is 6.07 Å². The SMILES string of the molecule is Cc1ccc(C(=O)Nc2ccc(N/N=C(\C#N)C(=N)N)cc2)cc1. The quantitative estimate of drug-likeness (QED) is 0.383. The van der Waals surface area contributed by atoms with Gasteiger partial charge in [-0.15, -0.1) is 0 Å². The molecule has 0 saturated carbocycles. The number of rotatable bonds is 5. The molecule has 24 heavy (non-hydrogen) atoms. The van der Waals surface area contributed by atoms with Crippen LogP contribution in [0, 0.1) is 23.7 Å². The highest BCUT2D eigenvalue weighted by atomic mass is 16.1. The monoisotopic (exact) mass is 320 g/mol. The summed E-state index contributed by atoms with van der Waals surface area (Å²) in [6.45, 7) is 1.96. The van der Waals surface area contributed by atoms with Crippen molar-refractivity contribution >= 4 is 28.8 Å². The molecule has 0 heterocycles. The second-order valence-corrected chi connectivity index (χ2v) is 5.00. The van der Waals surface area contributed by atoms with Gasteiger partial charge in [0.15, 0.2) is 5.84 Å². The van der Waals surface area contributed by atoms with E-state index >= 15 is 0 Å². The highest BCUT2D eigenvalue weighted by Crippen LogP contribution is 2.15. The van der Waals surface area contributed by atoms with Crippen molar-refractivity contribution in [1.82, 2.24) is 0 Å². The van der Waals surface area contributed by atoms with E-state index in [1.807, 2.05) is 19.1 Å². The summed E-state index contributed by atoms with van der Waals surface area (Å²) in [5.74, 6) is -0.607. The fraction of sp³-hybridized carbons (Fsp3) is 0.0588. The molecule has 2 aromatic carbocycles. The molecule has 0 unspecified atom stereocenters. The molecule has 7 nitrogen and oxygen atoms in total. The average Bonchev–Trinajstić information content (AvgIpc) is 2.57. The van der Waals surface area contributed by atoms with Crippen molar-refractivity contribution in [1.29, 1.82) is 10.7 Å². The molecule has 0 atom stereocenters. The number of hydrazone groups is 1. The lowest BCUT2D eigenvalue weighted by atomic mass is 10.1. The Labute approximate surface area is 139 Å². The number of amides is 1. The third-order valence-electron chi connectivity index (χ3n) is 3.11. The summed E-state index contributed by atoms with van der Waals surface area (Å²) in [7, 11) is 0. The molecule has 0 saturated heterocycles. The number of aryl methyl sites for hydroxylation is 1. The van der Waals surface area contributed by atoms with Crippen LogP contribution in [0.3, 0.4) is 0 Å². The standard InChI is InChI=1S/C17H16N6O/c1-11-2-4-12(5-3-11)17(24)21-13-6-8-14(9-7-13)22-23-15(10-18)16(19)20/h2-9,22H,1H3,(H3,19,20)(H,21,24)/b23-15+. The lowest BCUT2D eigenvalue weighted by Gasteiger charge is -2.07. The summed E-state index contributed by atoms with van der Waals surface area (Å²) < 4.78 is 0. The Kier molecular flexibility index (Phi) is 5.26. The van der Waals surface area contributed by atoms with Crippen molar-refractivity contribution in [3.05, 3.63) is 59.7 Å². The first kappa shape index (κ1) is 16.7. The molecule has 1 amide bonds. The second kappa shape index (κ2) is 7.56.